The molecule has 120 valence electrons. The Bertz CT molecular complexity index is 560. The number of nitrogens with one attached hydrogen (secondary N) is 1. The smallest absolute Gasteiger partial charge is 0.323 e. The van der Waals surface area contributed by atoms with Crippen LogP contribution in [0.25, 0.3) is 0 Å². The zero-order valence-corrected chi connectivity index (χ0v) is 13.9. The van der Waals surface area contributed by atoms with Crippen LogP contribution >= 0.6 is 23.2 Å². The molecular formula is C15H18Cl2N2O3. The van der Waals surface area contributed by atoms with Crippen LogP contribution in [-0.2, 0) is 14.3 Å². The van der Waals surface area contributed by atoms with Gasteiger partial charge in [-0.2, -0.15) is 0 Å². The van der Waals surface area contributed by atoms with Crippen molar-refractivity contribution in [1.82, 2.24) is 4.90 Å². The highest BCUT2D eigenvalue weighted by atomic mass is 35.5. The molecule has 1 aromatic rings. The first kappa shape index (κ1) is 17.1. The number of carbonyl (C=O) groups is 2. The lowest BCUT2D eigenvalue weighted by Crippen LogP contribution is -2.43. The van der Waals surface area contributed by atoms with E-state index in [2.05, 4.69) is 5.32 Å². The fourth-order valence-electron chi connectivity index (χ4n) is 2.46. The maximum Gasteiger partial charge on any atom is 0.323 e. The molecule has 1 aliphatic rings. The second kappa shape index (κ2) is 7.31. The molecule has 7 heteroatoms. The van der Waals surface area contributed by atoms with Crippen LogP contribution in [0.4, 0.5) is 5.69 Å². The standard InChI is InChI=1S/C15H18Cl2N2O3/c1-3-19(12-7-9(2)22-15(12)21)8-13(20)18-14-10(16)5-4-6-11(14)17/h4-6,9,12H,3,7-8H2,1-2H3,(H,18,20)/t9-,12-/m0/s1. The lowest BCUT2D eigenvalue weighted by Gasteiger charge is -2.24. The van der Waals surface area contributed by atoms with E-state index in [1.54, 1.807) is 23.1 Å². The highest BCUT2D eigenvalue weighted by Crippen LogP contribution is 2.29. The van der Waals surface area contributed by atoms with Gasteiger partial charge in [0.2, 0.25) is 5.91 Å². The number of halogens is 2. The van der Waals surface area contributed by atoms with Crippen molar-refractivity contribution in [1.29, 1.82) is 0 Å². The molecule has 0 aromatic heterocycles. The van der Waals surface area contributed by atoms with Gasteiger partial charge >= 0.3 is 5.97 Å². The molecule has 1 fully saturated rings. The average molecular weight is 345 g/mol. The molecule has 0 aliphatic carbocycles. The number of ether oxygens (including phenoxy) is 1. The van der Waals surface area contributed by atoms with E-state index < -0.39 is 0 Å². The van der Waals surface area contributed by atoms with E-state index >= 15 is 0 Å². The summed E-state index contributed by atoms with van der Waals surface area (Å²) >= 11 is 12.1. The Hall–Kier alpha value is -1.30. The zero-order chi connectivity index (χ0) is 16.3. The van der Waals surface area contributed by atoms with Gasteiger partial charge in [-0.25, -0.2) is 0 Å². The lowest BCUT2D eigenvalue weighted by atomic mass is 10.1. The Balaban J connectivity index is 2.02. The first-order chi connectivity index (χ1) is 10.4. The third-order valence-corrected chi connectivity index (χ3v) is 4.20. The summed E-state index contributed by atoms with van der Waals surface area (Å²) in [7, 11) is 0. The maximum absolute atomic E-state index is 12.2. The summed E-state index contributed by atoms with van der Waals surface area (Å²) in [6.07, 6.45) is 0.472. The predicted molar refractivity (Wildman–Crippen MR) is 86.3 cm³/mol. The lowest BCUT2D eigenvalue weighted by molar-refractivity contribution is -0.144. The first-order valence-electron chi connectivity index (χ1n) is 7.10. The van der Waals surface area contributed by atoms with Crippen molar-refractivity contribution in [3.05, 3.63) is 28.2 Å². The Labute approximate surface area is 139 Å². The van der Waals surface area contributed by atoms with Crippen LogP contribution in [0.1, 0.15) is 20.3 Å². The average Bonchev–Trinajstić information content (AvgIpc) is 2.79. The summed E-state index contributed by atoms with van der Waals surface area (Å²) in [5, 5.41) is 3.44. The van der Waals surface area contributed by atoms with Crippen molar-refractivity contribution in [2.45, 2.75) is 32.4 Å². The number of para-hydroxylation sites is 1. The molecule has 1 saturated heterocycles. The number of rotatable bonds is 5. The van der Waals surface area contributed by atoms with Crippen LogP contribution in [0.5, 0.6) is 0 Å². The second-order valence-electron chi connectivity index (χ2n) is 5.21. The largest absolute Gasteiger partial charge is 0.461 e. The molecule has 0 saturated carbocycles. The molecule has 1 heterocycles. The topological polar surface area (TPSA) is 58.6 Å². The molecular weight excluding hydrogens is 327 g/mol. The molecule has 0 radical (unpaired) electrons. The Morgan fingerprint density at radius 1 is 1.41 bits per heavy atom. The second-order valence-corrected chi connectivity index (χ2v) is 6.02. The first-order valence-corrected chi connectivity index (χ1v) is 7.86. The van der Waals surface area contributed by atoms with Crippen molar-refractivity contribution >= 4 is 40.8 Å². The molecule has 0 unspecified atom stereocenters. The van der Waals surface area contributed by atoms with Crippen LogP contribution in [-0.4, -0.2) is 42.0 Å². The van der Waals surface area contributed by atoms with Gasteiger partial charge in [0.1, 0.15) is 12.1 Å². The number of amides is 1. The fraction of sp³-hybridized carbons (Fsp3) is 0.467. The molecule has 1 aromatic carbocycles. The summed E-state index contributed by atoms with van der Waals surface area (Å²) in [5.74, 6) is -0.554. The molecule has 5 nitrogen and oxygen atoms in total. The number of benzene rings is 1. The normalized spacial score (nSPS) is 21.0. The molecule has 2 atom stereocenters. The van der Waals surface area contributed by atoms with Crippen molar-refractivity contribution in [2.24, 2.45) is 0 Å². The minimum atomic E-state index is -0.382. The van der Waals surface area contributed by atoms with Gasteiger partial charge in [-0.15, -0.1) is 0 Å². The molecule has 22 heavy (non-hydrogen) atoms. The Morgan fingerprint density at radius 3 is 2.55 bits per heavy atom. The molecule has 1 N–H and O–H groups in total. The summed E-state index contributed by atoms with van der Waals surface area (Å²) in [4.78, 5) is 25.8. The highest BCUT2D eigenvalue weighted by molar-refractivity contribution is 6.39. The number of esters is 1. The molecule has 1 aliphatic heterocycles. The molecule has 0 bridgehead atoms. The van der Waals surface area contributed by atoms with E-state index in [9.17, 15) is 9.59 Å². The van der Waals surface area contributed by atoms with E-state index in [-0.39, 0.29) is 30.6 Å². The summed E-state index contributed by atoms with van der Waals surface area (Å²) < 4.78 is 5.14. The van der Waals surface area contributed by atoms with Gasteiger partial charge in [0.25, 0.3) is 0 Å². The van der Waals surface area contributed by atoms with Gasteiger partial charge in [0.15, 0.2) is 0 Å². The van der Waals surface area contributed by atoms with Crippen LogP contribution < -0.4 is 5.32 Å². The monoisotopic (exact) mass is 344 g/mol. The van der Waals surface area contributed by atoms with Crippen LogP contribution in [0.3, 0.4) is 0 Å². The van der Waals surface area contributed by atoms with Gasteiger partial charge < -0.3 is 10.1 Å². The minimum Gasteiger partial charge on any atom is -0.461 e. The number of carbonyl (C=O) groups excluding carboxylic acids is 2. The number of nitrogens with zero attached hydrogens (tertiary/aromatic N) is 1. The SMILES string of the molecule is CCN(CC(=O)Nc1c(Cl)cccc1Cl)[C@H]1C[C@H](C)OC1=O. The summed E-state index contributed by atoms with van der Waals surface area (Å²) in [5.41, 5.74) is 0.384. The number of likely N-dealkylation sites (N-methyl/N-ethyl adjacent to an activating group) is 1. The van der Waals surface area contributed by atoms with Crippen molar-refractivity contribution in [3.63, 3.8) is 0 Å². The zero-order valence-electron chi connectivity index (χ0n) is 12.4. The Kier molecular flexibility index (Phi) is 5.67. The van der Waals surface area contributed by atoms with Gasteiger partial charge in [-0.05, 0) is 25.6 Å². The molecule has 2 rings (SSSR count). The number of hydrogen-bond donors (Lipinski definition) is 1. The third-order valence-electron chi connectivity index (χ3n) is 3.57. The third kappa shape index (κ3) is 3.91. The van der Waals surface area contributed by atoms with E-state index in [4.69, 9.17) is 27.9 Å². The van der Waals surface area contributed by atoms with Crippen LogP contribution in [0, 0.1) is 0 Å². The van der Waals surface area contributed by atoms with E-state index in [1.807, 2.05) is 13.8 Å². The quantitative estimate of drug-likeness (QED) is 0.834. The number of cyclic esters (lactones) is 1. The highest BCUT2D eigenvalue weighted by Gasteiger charge is 2.36. The predicted octanol–water partition coefficient (Wildman–Crippen LogP) is 2.96. The number of anilines is 1. The van der Waals surface area contributed by atoms with Gasteiger partial charge in [0, 0.05) is 6.42 Å². The summed E-state index contributed by atoms with van der Waals surface area (Å²) in [6, 6.07) is 4.62. The fourth-order valence-corrected chi connectivity index (χ4v) is 2.95. The van der Waals surface area contributed by atoms with Gasteiger partial charge in [-0.1, -0.05) is 36.2 Å². The van der Waals surface area contributed by atoms with E-state index in [0.29, 0.717) is 28.7 Å². The minimum absolute atomic E-state index is 0.0739. The molecule has 0 spiro atoms. The maximum atomic E-state index is 12.2. The number of hydrogen-bond acceptors (Lipinski definition) is 4. The van der Waals surface area contributed by atoms with Crippen molar-refractivity contribution in [3.8, 4) is 0 Å². The van der Waals surface area contributed by atoms with Gasteiger partial charge in [0.05, 0.1) is 22.3 Å². The van der Waals surface area contributed by atoms with Crippen LogP contribution in [0.2, 0.25) is 10.0 Å². The van der Waals surface area contributed by atoms with Crippen molar-refractivity contribution < 1.29 is 14.3 Å². The summed E-state index contributed by atoms with van der Waals surface area (Å²) in [6.45, 7) is 4.38. The van der Waals surface area contributed by atoms with E-state index in [0.717, 1.165) is 0 Å². The van der Waals surface area contributed by atoms with Gasteiger partial charge in [-0.3, -0.25) is 14.5 Å². The van der Waals surface area contributed by atoms with Crippen molar-refractivity contribution in [2.75, 3.05) is 18.4 Å². The molecule has 1 amide bonds. The Morgan fingerprint density at radius 2 is 2.05 bits per heavy atom. The van der Waals surface area contributed by atoms with E-state index in [1.165, 1.54) is 0 Å². The van der Waals surface area contributed by atoms with Crippen LogP contribution in [0.15, 0.2) is 18.2 Å².